The number of nitro benzene ring substituents is 1. The number of nitrogens with two attached hydrogens (primary N) is 1. The molecule has 5 nitrogen and oxygen atoms in total. The summed E-state index contributed by atoms with van der Waals surface area (Å²) in [6.45, 7) is 0. The number of non-ortho nitro benzene ring substituents is 1. The molecule has 0 aliphatic rings. The van der Waals surface area contributed by atoms with E-state index in [-0.39, 0.29) is 5.69 Å². The average Bonchev–Trinajstić information content (AvgIpc) is 2.05. The van der Waals surface area contributed by atoms with Crippen LogP contribution >= 0.6 is 0 Å². The minimum Gasteiger partial charge on any atom is -0.630 e. The van der Waals surface area contributed by atoms with Crippen molar-refractivity contribution in [3.63, 3.8) is 0 Å². The first-order chi connectivity index (χ1) is 5.24. The van der Waals surface area contributed by atoms with E-state index >= 15 is 0 Å². The first-order valence-corrected chi connectivity index (χ1v) is 2.93. The molecular weight excluding hydrogens is 148 g/mol. The highest BCUT2D eigenvalue weighted by Crippen LogP contribution is 2.11. The lowest BCUT2D eigenvalue weighted by molar-refractivity contribution is -0.497. The Morgan fingerprint density at radius 1 is 1.27 bits per heavy atom. The third-order valence-electron chi connectivity index (χ3n) is 1.24. The number of hydrogen-bond acceptors (Lipinski definition) is 3. The lowest BCUT2D eigenvalue weighted by atomic mass is 10.3. The Balaban J connectivity index is 2.91. The molecule has 1 aromatic rings. The van der Waals surface area contributed by atoms with Crippen molar-refractivity contribution in [2.24, 2.45) is 0 Å². The topological polar surface area (TPSA) is 82.8 Å². The van der Waals surface area contributed by atoms with Crippen LogP contribution < -0.4 is 5.48 Å². The maximum Gasteiger partial charge on any atom is 0.269 e. The van der Waals surface area contributed by atoms with Crippen molar-refractivity contribution in [3.05, 3.63) is 39.6 Å². The monoisotopic (exact) mass is 154 g/mol. The highest BCUT2D eigenvalue weighted by atomic mass is 16.6. The minimum absolute atomic E-state index is 0.00407. The zero-order valence-electron chi connectivity index (χ0n) is 5.56. The molecule has 0 heterocycles. The van der Waals surface area contributed by atoms with Crippen LogP contribution in [0.4, 0.5) is 11.4 Å². The number of hydrogen-bond donors (Lipinski definition) is 1. The molecule has 0 atom stereocenters. The van der Waals surface area contributed by atoms with Crippen LogP contribution in [0.5, 0.6) is 0 Å². The Morgan fingerprint density at radius 3 is 2.18 bits per heavy atom. The molecule has 0 bridgehead atoms. The molecule has 0 aliphatic carbocycles. The van der Waals surface area contributed by atoms with Crippen LogP contribution in [-0.4, -0.2) is 4.92 Å². The summed E-state index contributed by atoms with van der Waals surface area (Å²) in [5.74, 6) is 0. The van der Waals surface area contributed by atoms with Crippen molar-refractivity contribution < 1.29 is 10.4 Å². The molecule has 0 fully saturated rings. The van der Waals surface area contributed by atoms with Crippen molar-refractivity contribution in [2.45, 2.75) is 0 Å². The van der Waals surface area contributed by atoms with E-state index in [1.54, 1.807) is 0 Å². The fourth-order valence-corrected chi connectivity index (χ4v) is 0.675. The molecular formula is C6H6N2O3. The summed E-state index contributed by atoms with van der Waals surface area (Å²) in [5.41, 5.74) is 1.08. The molecule has 0 spiro atoms. The van der Waals surface area contributed by atoms with E-state index in [0.717, 1.165) is 0 Å². The molecule has 0 radical (unpaired) electrons. The molecule has 0 aliphatic heterocycles. The normalized spacial score (nSPS) is 9.55. The van der Waals surface area contributed by atoms with Crippen LogP contribution in [0.25, 0.3) is 0 Å². The Morgan fingerprint density at radius 2 is 1.82 bits per heavy atom. The zero-order valence-corrected chi connectivity index (χ0v) is 5.56. The molecule has 0 amide bonds. The molecule has 0 saturated carbocycles. The summed E-state index contributed by atoms with van der Waals surface area (Å²) in [6.07, 6.45) is 0. The smallest absolute Gasteiger partial charge is 0.269 e. The van der Waals surface area contributed by atoms with Crippen molar-refractivity contribution in [1.82, 2.24) is 0 Å². The maximum atomic E-state index is 10.1. The number of nitrogens with zero attached hydrogens (tertiary/aromatic N) is 1. The summed E-state index contributed by atoms with van der Waals surface area (Å²) in [4.78, 5) is 9.61. The van der Waals surface area contributed by atoms with Gasteiger partial charge in [0.2, 0.25) is 0 Å². The minimum atomic E-state index is -0.505. The number of benzene rings is 1. The second-order valence-electron chi connectivity index (χ2n) is 1.97. The van der Waals surface area contributed by atoms with E-state index in [1.165, 1.54) is 24.3 Å². The predicted octanol–water partition coefficient (Wildman–Crippen LogP) is 0.287. The van der Waals surface area contributed by atoms with E-state index in [4.69, 9.17) is 0 Å². The first-order valence-electron chi connectivity index (χ1n) is 2.93. The van der Waals surface area contributed by atoms with E-state index in [0.29, 0.717) is 11.2 Å². The molecule has 0 saturated heterocycles. The van der Waals surface area contributed by atoms with Gasteiger partial charge in [-0.1, -0.05) is 0 Å². The maximum absolute atomic E-state index is 10.1. The van der Waals surface area contributed by atoms with E-state index < -0.39 is 4.92 Å². The standard InChI is InChI=1S/C6H6N2O3/c9-7-5-1-3-6(4-2-5)8(10)11/h1-4H,7H2. The second kappa shape index (κ2) is 3.09. The second-order valence-corrected chi connectivity index (χ2v) is 1.97. The average molecular weight is 154 g/mol. The van der Waals surface area contributed by atoms with Crippen LogP contribution in [0.2, 0.25) is 0 Å². The van der Waals surface area contributed by atoms with Crippen molar-refractivity contribution in [1.29, 1.82) is 0 Å². The molecule has 2 N–H and O–H groups in total. The Bertz CT molecular complexity index is 257. The molecule has 11 heavy (non-hydrogen) atoms. The third-order valence-corrected chi connectivity index (χ3v) is 1.24. The van der Waals surface area contributed by atoms with Crippen LogP contribution in [0, 0.1) is 15.3 Å². The van der Waals surface area contributed by atoms with Gasteiger partial charge in [0.05, 0.1) is 4.92 Å². The molecule has 58 valence electrons. The van der Waals surface area contributed by atoms with Gasteiger partial charge in [0, 0.05) is 24.3 Å². The van der Waals surface area contributed by atoms with Gasteiger partial charge >= 0.3 is 0 Å². The van der Waals surface area contributed by atoms with Gasteiger partial charge in [-0.05, 0) is 0 Å². The summed E-state index contributed by atoms with van der Waals surface area (Å²) >= 11 is 0. The first kappa shape index (κ1) is 7.64. The van der Waals surface area contributed by atoms with Gasteiger partial charge in [0.1, 0.15) is 5.69 Å². The summed E-state index contributed by atoms with van der Waals surface area (Å²) in [6, 6.07) is 5.41. The fourth-order valence-electron chi connectivity index (χ4n) is 0.675. The summed E-state index contributed by atoms with van der Waals surface area (Å²) in [5, 5.41) is 20.2. The van der Waals surface area contributed by atoms with Gasteiger partial charge < -0.3 is 10.7 Å². The lowest BCUT2D eigenvalue weighted by Gasteiger charge is -1.98. The third kappa shape index (κ3) is 1.73. The quantitative estimate of drug-likeness (QED) is 0.377. The Labute approximate surface area is 62.4 Å². The zero-order chi connectivity index (χ0) is 8.27. The molecule has 0 unspecified atom stereocenters. The Kier molecular flexibility index (Phi) is 2.15. The van der Waals surface area contributed by atoms with Gasteiger partial charge in [0.25, 0.3) is 5.69 Å². The van der Waals surface area contributed by atoms with Crippen LogP contribution in [0.3, 0.4) is 0 Å². The largest absolute Gasteiger partial charge is 0.630 e. The van der Waals surface area contributed by atoms with Crippen LogP contribution in [0.1, 0.15) is 0 Å². The molecule has 1 aromatic carbocycles. The van der Waals surface area contributed by atoms with Crippen molar-refractivity contribution >= 4 is 11.4 Å². The van der Waals surface area contributed by atoms with E-state index in [9.17, 15) is 15.3 Å². The number of rotatable bonds is 2. The van der Waals surface area contributed by atoms with Gasteiger partial charge in [-0.15, -0.1) is 0 Å². The van der Waals surface area contributed by atoms with E-state index in [1.807, 2.05) is 0 Å². The van der Waals surface area contributed by atoms with Gasteiger partial charge in [0.15, 0.2) is 0 Å². The van der Waals surface area contributed by atoms with Crippen molar-refractivity contribution in [2.75, 3.05) is 0 Å². The highest BCUT2D eigenvalue weighted by molar-refractivity contribution is 5.39. The lowest BCUT2D eigenvalue weighted by Crippen LogP contribution is -2.70. The predicted molar refractivity (Wildman–Crippen MR) is 38.0 cm³/mol. The fraction of sp³-hybridized carbons (Fsp3) is 0. The highest BCUT2D eigenvalue weighted by Gasteiger charge is 2.02. The van der Waals surface area contributed by atoms with Crippen LogP contribution in [-0.2, 0) is 0 Å². The molecule has 0 aromatic heterocycles. The summed E-state index contributed by atoms with van der Waals surface area (Å²) < 4.78 is 0. The van der Waals surface area contributed by atoms with E-state index in [2.05, 4.69) is 0 Å². The van der Waals surface area contributed by atoms with Crippen LogP contribution in [0.15, 0.2) is 24.3 Å². The van der Waals surface area contributed by atoms with Gasteiger partial charge in [-0.2, -0.15) is 0 Å². The van der Waals surface area contributed by atoms with Gasteiger partial charge in [-0.25, -0.2) is 0 Å². The number of nitro groups is 1. The Hall–Kier alpha value is -1.46. The van der Waals surface area contributed by atoms with Gasteiger partial charge in [-0.3, -0.25) is 10.1 Å². The molecule has 1 rings (SSSR count). The SMILES string of the molecule is O=[N+]([O-])c1ccc([NH2+][O-])cc1. The molecule has 5 heteroatoms. The number of quaternary nitrogens is 1. The van der Waals surface area contributed by atoms with Crippen molar-refractivity contribution in [3.8, 4) is 0 Å². The summed E-state index contributed by atoms with van der Waals surface area (Å²) in [7, 11) is 0.